The maximum Gasteiger partial charge on any atom is 0.127 e. The van der Waals surface area contributed by atoms with E-state index in [1.54, 1.807) is 14.2 Å². The molecule has 1 saturated carbocycles. The summed E-state index contributed by atoms with van der Waals surface area (Å²) >= 11 is 0. The predicted molar refractivity (Wildman–Crippen MR) is 79.3 cm³/mol. The van der Waals surface area contributed by atoms with Gasteiger partial charge >= 0.3 is 0 Å². The molecule has 0 atom stereocenters. The fourth-order valence-electron chi connectivity index (χ4n) is 2.99. The topological polar surface area (TPSA) is 41.9 Å². The van der Waals surface area contributed by atoms with E-state index < -0.39 is 0 Å². The maximum absolute atomic E-state index is 9.29. The number of benzene rings is 1. The first-order valence-corrected chi connectivity index (χ1v) is 7.34. The summed E-state index contributed by atoms with van der Waals surface area (Å²) in [6, 6.07) is 6.52. The molecule has 1 fully saturated rings. The third kappa shape index (κ3) is 3.64. The third-order valence-corrected chi connectivity index (χ3v) is 4.10. The Balaban J connectivity index is 2.12. The number of rotatable bonds is 7. The van der Waals surface area contributed by atoms with E-state index in [4.69, 9.17) is 9.47 Å². The van der Waals surface area contributed by atoms with E-state index in [0.717, 1.165) is 30.2 Å². The zero-order valence-corrected chi connectivity index (χ0v) is 12.5. The summed E-state index contributed by atoms with van der Waals surface area (Å²) in [6.45, 7) is 1.74. The average Bonchev–Trinajstić information content (AvgIpc) is 3.01. The Hall–Kier alpha value is -1.26. The Bertz CT molecular complexity index is 416. The molecule has 1 aromatic rings. The summed E-state index contributed by atoms with van der Waals surface area (Å²) in [4.78, 5) is 2.37. The van der Waals surface area contributed by atoms with Crippen molar-refractivity contribution in [1.82, 2.24) is 4.90 Å². The molecule has 0 unspecified atom stereocenters. The van der Waals surface area contributed by atoms with Crippen LogP contribution in [0.25, 0.3) is 0 Å². The van der Waals surface area contributed by atoms with Gasteiger partial charge in [-0.05, 0) is 18.9 Å². The van der Waals surface area contributed by atoms with Crippen LogP contribution in [0.3, 0.4) is 0 Å². The van der Waals surface area contributed by atoms with Gasteiger partial charge < -0.3 is 14.6 Å². The highest BCUT2D eigenvalue weighted by Gasteiger charge is 2.23. The first-order chi connectivity index (χ1) is 9.78. The fraction of sp³-hybridized carbons (Fsp3) is 0.625. The van der Waals surface area contributed by atoms with Gasteiger partial charge in [-0.15, -0.1) is 0 Å². The lowest BCUT2D eigenvalue weighted by atomic mass is 10.1. The van der Waals surface area contributed by atoms with Crippen LogP contribution in [0.4, 0.5) is 0 Å². The first-order valence-electron chi connectivity index (χ1n) is 7.34. The van der Waals surface area contributed by atoms with Crippen molar-refractivity contribution >= 4 is 0 Å². The SMILES string of the molecule is COc1ccc(CN(CCO)C2CCCC2)c(OC)c1. The van der Waals surface area contributed by atoms with Crippen LogP contribution < -0.4 is 9.47 Å². The summed E-state index contributed by atoms with van der Waals surface area (Å²) in [5.41, 5.74) is 1.15. The van der Waals surface area contributed by atoms with Gasteiger partial charge in [-0.2, -0.15) is 0 Å². The highest BCUT2D eigenvalue weighted by Crippen LogP contribution is 2.29. The van der Waals surface area contributed by atoms with Crippen LogP contribution in [0.5, 0.6) is 11.5 Å². The van der Waals surface area contributed by atoms with Crippen molar-refractivity contribution in [2.24, 2.45) is 0 Å². The Labute approximate surface area is 121 Å². The van der Waals surface area contributed by atoms with Crippen LogP contribution in [0.1, 0.15) is 31.2 Å². The van der Waals surface area contributed by atoms with Gasteiger partial charge in [0.1, 0.15) is 11.5 Å². The molecule has 1 aliphatic rings. The smallest absolute Gasteiger partial charge is 0.127 e. The van der Waals surface area contributed by atoms with Crippen LogP contribution in [0.15, 0.2) is 18.2 Å². The zero-order valence-electron chi connectivity index (χ0n) is 12.5. The normalized spacial score (nSPS) is 15.8. The number of hydrogen-bond acceptors (Lipinski definition) is 4. The second-order valence-corrected chi connectivity index (χ2v) is 5.31. The van der Waals surface area contributed by atoms with Crippen molar-refractivity contribution in [3.63, 3.8) is 0 Å². The van der Waals surface area contributed by atoms with Gasteiger partial charge in [0, 0.05) is 30.8 Å². The molecule has 0 aliphatic heterocycles. The van der Waals surface area contributed by atoms with Crippen LogP contribution in [-0.2, 0) is 6.54 Å². The molecule has 0 aromatic heterocycles. The van der Waals surface area contributed by atoms with Gasteiger partial charge in [0.2, 0.25) is 0 Å². The summed E-state index contributed by atoms with van der Waals surface area (Å²) in [5.74, 6) is 1.66. The lowest BCUT2D eigenvalue weighted by Crippen LogP contribution is -2.35. The molecule has 112 valence electrons. The Morgan fingerprint density at radius 2 is 1.95 bits per heavy atom. The molecule has 20 heavy (non-hydrogen) atoms. The molecule has 0 amide bonds. The predicted octanol–water partition coefficient (Wildman–Crippen LogP) is 2.44. The molecule has 2 rings (SSSR count). The molecule has 0 bridgehead atoms. The van der Waals surface area contributed by atoms with Gasteiger partial charge in [-0.3, -0.25) is 4.90 Å². The highest BCUT2D eigenvalue weighted by atomic mass is 16.5. The van der Waals surface area contributed by atoms with Gasteiger partial charge in [-0.1, -0.05) is 18.9 Å². The van der Waals surface area contributed by atoms with E-state index >= 15 is 0 Å². The Morgan fingerprint density at radius 3 is 2.55 bits per heavy atom. The van der Waals surface area contributed by atoms with Crippen molar-refractivity contribution in [3.05, 3.63) is 23.8 Å². The van der Waals surface area contributed by atoms with E-state index in [9.17, 15) is 5.11 Å². The van der Waals surface area contributed by atoms with Crippen molar-refractivity contribution < 1.29 is 14.6 Å². The largest absolute Gasteiger partial charge is 0.497 e. The average molecular weight is 279 g/mol. The number of hydrogen-bond donors (Lipinski definition) is 1. The van der Waals surface area contributed by atoms with Crippen molar-refractivity contribution in [1.29, 1.82) is 0 Å². The molecule has 0 radical (unpaired) electrons. The molecule has 0 spiro atoms. The molecule has 4 heteroatoms. The number of nitrogens with zero attached hydrogens (tertiary/aromatic N) is 1. The van der Waals surface area contributed by atoms with E-state index in [2.05, 4.69) is 11.0 Å². The van der Waals surface area contributed by atoms with E-state index in [1.165, 1.54) is 25.7 Å². The number of methoxy groups -OCH3 is 2. The molecule has 0 saturated heterocycles. The minimum atomic E-state index is 0.203. The summed E-state index contributed by atoms with van der Waals surface area (Å²) in [7, 11) is 3.34. The van der Waals surface area contributed by atoms with Crippen molar-refractivity contribution in [2.45, 2.75) is 38.3 Å². The third-order valence-electron chi connectivity index (χ3n) is 4.10. The minimum absolute atomic E-state index is 0.203. The fourth-order valence-corrected chi connectivity index (χ4v) is 2.99. The lowest BCUT2D eigenvalue weighted by molar-refractivity contribution is 0.143. The maximum atomic E-state index is 9.29. The second-order valence-electron chi connectivity index (χ2n) is 5.31. The zero-order chi connectivity index (χ0) is 14.4. The Kier molecular flexibility index (Phi) is 5.68. The van der Waals surface area contributed by atoms with Crippen LogP contribution in [0, 0.1) is 0 Å². The summed E-state index contributed by atoms with van der Waals surface area (Å²) in [5, 5.41) is 9.29. The molecular weight excluding hydrogens is 254 g/mol. The van der Waals surface area contributed by atoms with Crippen LogP contribution >= 0.6 is 0 Å². The number of aliphatic hydroxyl groups is 1. The second kappa shape index (κ2) is 7.50. The van der Waals surface area contributed by atoms with E-state index in [0.29, 0.717) is 6.04 Å². The van der Waals surface area contributed by atoms with Crippen molar-refractivity contribution in [3.8, 4) is 11.5 Å². The van der Waals surface area contributed by atoms with Crippen LogP contribution in [-0.4, -0.2) is 43.4 Å². The molecule has 0 heterocycles. The molecule has 4 nitrogen and oxygen atoms in total. The van der Waals surface area contributed by atoms with Gasteiger partial charge in [-0.25, -0.2) is 0 Å². The van der Waals surface area contributed by atoms with E-state index in [1.807, 2.05) is 12.1 Å². The quantitative estimate of drug-likeness (QED) is 0.832. The number of aliphatic hydroxyl groups excluding tert-OH is 1. The van der Waals surface area contributed by atoms with Gasteiger partial charge in [0.05, 0.1) is 20.8 Å². The molecule has 1 aromatic carbocycles. The standard InChI is InChI=1S/C16H25NO3/c1-19-15-8-7-13(16(11-15)20-2)12-17(9-10-18)14-5-3-4-6-14/h7-8,11,14,18H,3-6,9-10,12H2,1-2H3. The highest BCUT2D eigenvalue weighted by molar-refractivity contribution is 5.40. The minimum Gasteiger partial charge on any atom is -0.497 e. The Morgan fingerprint density at radius 1 is 1.20 bits per heavy atom. The summed E-state index contributed by atoms with van der Waals surface area (Å²) in [6.07, 6.45) is 5.07. The molecule has 1 aliphatic carbocycles. The molecule has 1 N–H and O–H groups in total. The molecular formula is C16H25NO3. The number of ether oxygens (including phenoxy) is 2. The first kappa shape index (κ1) is 15.1. The van der Waals surface area contributed by atoms with Gasteiger partial charge in [0.15, 0.2) is 0 Å². The lowest BCUT2D eigenvalue weighted by Gasteiger charge is -2.28. The van der Waals surface area contributed by atoms with E-state index in [-0.39, 0.29) is 6.61 Å². The summed E-state index contributed by atoms with van der Waals surface area (Å²) < 4.78 is 10.7. The van der Waals surface area contributed by atoms with Crippen LogP contribution in [0.2, 0.25) is 0 Å². The van der Waals surface area contributed by atoms with Crippen molar-refractivity contribution in [2.75, 3.05) is 27.4 Å². The monoisotopic (exact) mass is 279 g/mol. The van der Waals surface area contributed by atoms with Gasteiger partial charge in [0.25, 0.3) is 0 Å².